The molecular weight excluding hydrogens is 306 g/mol. The van der Waals surface area contributed by atoms with Gasteiger partial charge in [0.1, 0.15) is 29.3 Å². The first kappa shape index (κ1) is 14.8. The zero-order valence-corrected chi connectivity index (χ0v) is 13.3. The molecule has 8 heteroatoms. The van der Waals surface area contributed by atoms with Crippen molar-refractivity contribution in [3.8, 4) is 6.07 Å². The first-order valence-corrected chi connectivity index (χ1v) is 8.01. The predicted octanol–water partition coefficient (Wildman–Crippen LogP) is 1.47. The van der Waals surface area contributed by atoms with Crippen LogP contribution >= 0.6 is 0 Å². The van der Waals surface area contributed by atoms with Crippen LogP contribution in [-0.4, -0.2) is 48.6 Å². The van der Waals surface area contributed by atoms with E-state index in [1.54, 1.807) is 16.9 Å². The van der Waals surface area contributed by atoms with Crippen molar-refractivity contribution in [3.05, 3.63) is 24.3 Å². The molecule has 1 fully saturated rings. The molecule has 0 radical (unpaired) electrons. The van der Waals surface area contributed by atoms with Crippen molar-refractivity contribution in [1.29, 1.82) is 5.26 Å². The molecule has 2 unspecified atom stereocenters. The third kappa shape index (κ3) is 2.34. The number of nitriles is 1. The van der Waals surface area contributed by atoms with Gasteiger partial charge >= 0.3 is 0 Å². The van der Waals surface area contributed by atoms with Gasteiger partial charge in [0.05, 0.1) is 12.6 Å². The largest absolute Gasteiger partial charge is 0.346 e. The average molecular weight is 323 g/mol. The molecule has 0 spiro atoms. The second-order valence-corrected chi connectivity index (χ2v) is 6.40. The highest BCUT2D eigenvalue weighted by Gasteiger charge is 2.32. The second-order valence-electron chi connectivity index (χ2n) is 6.40. The fraction of sp³-hybridized carbons (Fsp3) is 0.438. The molecule has 4 rings (SSSR count). The Bertz CT molecular complexity index is 950. The molecule has 1 aliphatic rings. The Morgan fingerprint density at radius 1 is 1.54 bits per heavy atom. The zero-order valence-electron chi connectivity index (χ0n) is 13.3. The Labute approximate surface area is 138 Å². The second kappa shape index (κ2) is 5.69. The van der Waals surface area contributed by atoms with E-state index in [2.05, 4.69) is 32.1 Å². The van der Waals surface area contributed by atoms with Crippen molar-refractivity contribution in [3.63, 3.8) is 0 Å². The number of piperidine rings is 1. The Morgan fingerprint density at radius 2 is 2.42 bits per heavy atom. The summed E-state index contributed by atoms with van der Waals surface area (Å²) in [6.45, 7) is 3.11. The number of hydrogen-bond acceptors (Lipinski definition) is 6. The van der Waals surface area contributed by atoms with Crippen LogP contribution in [0.4, 0.5) is 0 Å². The number of Topliss-reactive ketones (excluding diaryl/α,β-unsaturated/α-hetero) is 1. The molecule has 3 aromatic rings. The summed E-state index contributed by atoms with van der Waals surface area (Å²) in [5.41, 5.74) is 2.55. The highest BCUT2D eigenvalue weighted by Crippen LogP contribution is 2.36. The molecule has 4 heterocycles. The molecule has 0 amide bonds. The maximum atomic E-state index is 11.7. The van der Waals surface area contributed by atoms with Crippen LogP contribution in [0.15, 0.2) is 18.6 Å². The molecule has 1 aliphatic heterocycles. The summed E-state index contributed by atoms with van der Waals surface area (Å²) in [7, 11) is 0. The number of likely N-dealkylation sites (tertiary alicyclic amines) is 1. The fourth-order valence-electron chi connectivity index (χ4n) is 3.53. The minimum Gasteiger partial charge on any atom is -0.346 e. The van der Waals surface area contributed by atoms with Crippen LogP contribution < -0.4 is 0 Å². The van der Waals surface area contributed by atoms with Gasteiger partial charge in [-0.1, -0.05) is 12.1 Å². The number of hydrogen-bond donors (Lipinski definition) is 1. The predicted molar refractivity (Wildman–Crippen MR) is 86.0 cm³/mol. The van der Waals surface area contributed by atoms with Crippen LogP contribution in [0.25, 0.3) is 16.6 Å². The van der Waals surface area contributed by atoms with Crippen LogP contribution in [-0.2, 0) is 4.79 Å². The first-order chi connectivity index (χ1) is 11.7. The molecule has 8 nitrogen and oxygen atoms in total. The number of carbonyl (C=O) groups is 1. The number of nitrogens with one attached hydrogen (secondary N) is 1. The van der Waals surface area contributed by atoms with E-state index in [0.29, 0.717) is 5.92 Å². The van der Waals surface area contributed by atoms with E-state index >= 15 is 0 Å². The van der Waals surface area contributed by atoms with Crippen molar-refractivity contribution < 1.29 is 4.79 Å². The monoisotopic (exact) mass is 323 g/mol. The lowest BCUT2D eigenvalue weighted by Gasteiger charge is -2.36. The number of ketones is 1. The highest BCUT2D eigenvalue weighted by atomic mass is 16.1. The maximum absolute atomic E-state index is 11.7. The number of carbonyl (C=O) groups excluding carboxylic acids is 1. The molecular formula is C16H17N7O. The average Bonchev–Trinajstić information content (AvgIpc) is 3.21. The molecule has 1 N–H and O–H groups in total. The minimum absolute atomic E-state index is 0.0240. The summed E-state index contributed by atoms with van der Waals surface area (Å²) in [5, 5.41) is 18.4. The van der Waals surface area contributed by atoms with Gasteiger partial charge in [0.15, 0.2) is 0 Å². The molecule has 2 atom stereocenters. The number of nitrogens with zero attached hydrogens (tertiary/aromatic N) is 6. The van der Waals surface area contributed by atoms with E-state index in [4.69, 9.17) is 5.26 Å². The SMILES string of the molecule is CC1CCN(CC(=O)C#N)C(c2nnn3cnc4[nH]ccc4c23)C1. The van der Waals surface area contributed by atoms with E-state index in [9.17, 15) is 4.79 Å². The summed E-state index contributed by atoms with van der Waals surface area (Å²) in [4.78, 5) is 21.1. The van der Waals surface area contributed by atoms with Gasteiger partial charge in [0.2, 0.25) is 5.78 Å². The Morgan fingerprint density at radius 3 is 3.25 bits per heavy atom. The van der Waals surface area contributed by atoms with E-state index in [1.165, 1.54) is 0 Å². The lowest BCUT2D eigenvalue weighted by molar-refractivity contribution is -0.116. The van der Waals surface area contributed by atoms with Crippen LogP contribution in [0.5, 0.6) is 0 Å². The molecule has 24 heavy (non-hydrogen) atoms. The van der Waals surface area contributed by atoms with Gasteiger partial charge in [-0.3, -0.25) is 9.69 Å². The Hall–Kier alpha value is -2.79. The lowest BCUT2D eigenvalue weighted by Crippen LogP contribution is -2.39. The number of aromatic amines is 1. The molecule has 3 aromatic heterocycles. The number of rotatable bonds is 3. The number of H-pyrrole nitrogens is 1. The van der Waals surface area contributed by atoms with Crippen LogP contribution in [0, 0.1) is 17.2 Å². The standard InChI is InChI=1S/C16H17N7O/c1-10-3-5-22(8-11(24)7-17)13(6-10)14-15-12-2-4-18-16(12)19-9-23(15)21-20-14/h2,4,9-10,13,18H,3,5-6,8H2,1H3. The summed E-state index contributed by atoms with van der Waals surface area (Å²) >= 11 is 0. The third-order valence-corrected chi connectivity index (χ3v) is 4.76. The van der Waals surface area contributed by atoms with E-state index < -0.39 is 5.78 Å². The fourth-order valence-corrected chi connectivity index (χ4v) is 3.53. The van der Waals surface area contributed by atoms with E-state index in [-0.39, 0.29) is 12.6 Å². The Balaban J connectivity index is 1.82. The van der Waals surface area contributed by atoms with Crippen molar-refractivity contribution >= 4 is 22.3 Å². The molecule has 0 saturated carbocycles. The van der Waals surface area contributed by atoms with Gasteiger partial charge in [0, 0.05) is 11.6 Å². The third-order valence-electron chi connectivity index (χ3n) is 4.76. The van der Waals surface area contributed by atoms with E-state index in [1.807, 2.05) is 12.3 Å². The smallest absolute Gasteiger partial charge is 0.245 e. The quantitative estimate of drug-likeness (QED) is 0.732. The molecule has 1 saturated heterocycles. The highest BCUT2D eigenvalue weighted by molar-refractivity contribution is 5.95. The van der Waals surface area contributed by atoms with Crippen molar-refractivity contribution in [2.45, 2.75) is 25.8 Å². The van der Waals surface area contributed by atoms with E-state index in [0.717, 1.165) is 41.6 Å². The van der Waals surface area contributed by atoms with Gasteiger partial charge in [-0.25, -0.2) is 9.50 Å². The van der Waals surface area contributed by atoms with Gasteiger partial charge < -0.3 is 4.98 Å². The van der Waals surface area contributed by atoms with Gasteiger partial charge in [-0.05, 0) is 31.4 Å². The van der Waals surface area contributed by atoms with Crippen molar-refractivity contribution in [2.75, 3.05) is 13.1 Å². The van der Waals surface area contributed by atoms with Crippen molar-refractivity contribution in [1.82, 2.24) is 29.7 Å². The zero-order chi connectivity index (χ0) is 16.7. The summed E-state index contributed by atoms with van der Waals surface area (Å²) in [6.07, 6.45) is 5.38. The number of fused-ring (bicyclic) bond motifs is 3. The molecule has 0 aliphatic carbocycles. The lowest BCUT2D eigenvalue weighted by atomic mass is 9.90. The number of aromatic nitrogens is 5. The van der Waals surface area contributed by atoms with Crippen molar-refractivity contribution in [2.24, 2.45) is 5.92 Å². The molecule has 122 valence electrons. The van der Waals surface area contributed by atoms with Crippen LogP contribution in [0.3, 0.4) is 0 Å². The van der Waals surface area contributed by atoms with Crippen LogP contribution in [0.1, 0.15) is 31.5 Å². The topological polar surface area (TPSA) is 103 Å². The normalized spacial score (nSPS) is 22.0. The van der Waals surface area contributed by atoms with Gasteiger partial charge in [-0.2, -0.15) is 5.26 Å². The summed E-state index contributed by atoms with van der Waals surface area (Å²) in [5.74, 6) is 0.114. The maximum Gasteiger partial charge on any atom is 0.245 e. The molecule has 0 bridgehead atoms. The molecule has 0 aromatic carbocycles. The summed E-state index contributed by atoms with van der Waals surface area (Å²) < 4.78 is 1.68. The Kier molecular flexibility index (Phi) is 3.50. The van der Waals surface area contributed by atoms with Crippen LogP contribution in [0.2, 0.25) is 0 Å². The van der Waals surface area contributed by atoms with Gasteiger partial charge in [0.25, 0.3) is 0 Å². The minimum atomic E-state index is -0.417. The summed E-state index contributed by atoms with van der Waals surface area (Å²) in [6, 6.07) is 3.65. The first-order valence-electron chi connectivity index (χ1n) is 8.01. The van der Waals surface area contributed by atoms with Gasteiger partial charge in [-0.15, -0.1) is 5.10 Å².